The second kappa shape index (κ2) is 7.26. The third kappa shape index (κ3) is 3.38. The van der Waals surface area contributed by atoms with Crippen LogP contribution in [0.25, 0.3) is 5.69 Å². The van der Waals surface area contributed by atoms with E-state index in [0.29, 0.717) is 11.4 Å². The minimum atomic E-state index is -0.582. The summed E-state index contributed by atoms with van der Waals surface area (Å²) in [5.41, 5.74) is 3.52. The number of anilines is 2. The van der Waals surface area contributed by atoms with Crippen molar-refractivity contribution in [1.82, 2.24) is 9.78 Å². The van der Waals surface area contributed by atoms with E-state index in [2.05, 4.69) is 15.7 Å². The molecule has 2 amide bonds. The molecule has 1 aliphatic carbocycles. The van der Waals surface area contributed by atoms with Gasteiger partial charge in [-0.25, -0.2) is 9.07 Å². The van der Waals surface area contributed by atoms with E-state index in [4.69, 9.17) is 0 Å². The van der Waals surface area contributed by atoms with E-state index in [1.54, 1.807) is 4.68 Å². The van der Waals surface area contributed by atoms with Gasteiger partial charge in [0.15, 0.2) is 5.69 Å². The SMILES string of the molecule is CC(=O)Nc1ccc(F)c(NC(=O)c2nn(-c3ccccc3)c3c2CCC3)c1. The summed E-state index contributed by atoms with van der Waals surface area (Å²) in [7, 11) is 0. The van der Waals surface area contributed by atoms with Gasteiger partial charge >= 0.3 is 0 Å². The Labute approximate surface area is 161 Å². The molecule has 7 heteroatoms. The van der Waals surface area contributed by atoms with Crippen LogP contribution in [0.1, 0.15) is 35.1 Å². The summed E-state index contributed by atoms with van der Waals surface area (Å²) in [5, 5.41) is 9.68. The van der Waals surface area contributed by atoms with Crippen LogP contribution in [-0.2, 0) is 17.6 Å². The zero-order chi connectivity index (χ0) is 19.7. The van der Waals surface area contributed by atoms with Gasteiger partial charge in [0.1, 0.15) is 5.82 Å². The van der Waals surface area contributed by atoms with Gasteiger partial charge in [0.2, 0.25) is 5.91 Å². The Morgan fingerprint density at radius 1 is 1.07 bits per heavy atom. The van der Waals surface area contributed by atoms with Gasteiger partial charge in [0, 0.05) is 23.9 Å². The van der Waals surface area contributed by atoms with E-state index in [9.17, 15) is 14.0 Å². The van der Waals surface area contributed by atoms with Crippen molar-refractivity contribution >= 4 is 23.2 Å². The van der Waals surface area contributed by atoms with Gasteiger partial charge in [-0.05, 0) is 49.6 Å². The fourth-order valence-electron chi connectivity index (χ4n) is 3.49. The Morgan fingerprint density at radius 3 is 2.61 bits per heavy atom. The predicted octanol–water partition coefficient (Wildman–Crippen LogP) is 3.71. The Morgan fingerprint density at radius 2 is 1.86 bits per heavy atom. The third-order valence-corrected chi connectivity index (χ3v) is 4.68. The molecule has 0 radical (unpaired) electrons. The fraction of sp³-hybridized carbons (Fsp3) is 0.190. The number of hydrogen-bond acceptors (Lipinski definition) is 3. The number of nitrogens with one attached hydrogen (secondary N) is 2. The molecular formula is C21H19FN4O2. The highest BCUT2D eigenvalue weighted by molar-refractivity contribution is 6.04. The van der Waals surface area contributed by atoms with Crippen molar-refractivity contribution in [3.63, 3.8) is 0 Å². The van der Waals surface area contributed by atoms with E-state index in [-0.39, 0.29) is 11.6 Å². The van der Waals surface area contributed by atoms with Crippen LogP contribution < -0.4 is 10.6 Å². The molecule has 2 N–H and O–H groups in total. The number of hydrogen-bond donors (Lipinski definition) is 2. The number of aromatic nitrogens is 2. The van der Waals surface area contributed by atoms with E-state index in [1.165, 1.54) is 25.1 Å². The van der Waals surface area contributed by atoms with Crippen molar-refractivity contribution < 1.29 is 14.0 Å². The summed E-state index contributed by atoms with van der Waals surface area (Å²) < 4.78 is 16.0. The first-order chi connectivity index (χ1) is 13.5. The standard InChI is InChI=1S/C21H19FN4O2/c1-13(27)23-14-10-11-17(22)18(12-14)24-21(28)20-16-8-5-9-19(16)26(25-20)15-6-3-2-4-7-15/h2-4,6-7,10-12H,5,8-9H2,1H3,(H,23,27)(H,24,28). The molecule has 0 saturated carbocycles. The Bertz CT molecular complexity index is 1060. The van der Waals surface area contributed by atoms with Gasteiger partial charge in [0.05, 0.1) is 11.4 Å². The summed E-state index contributed by atoms with van der Waals surface area (Å²) in [6.07, 6.45) is 2.56. The zero-order valence-corrected chi connectivity index (χ0v) is 15.3. The molecule has 0 saturated heterocycles. The largest absolute Gasteiger partial charge is 0.326 e. The zero-order valence-electron chi connectivity index (χ0n) is 15.3. The van der Waals surface area contributed by atoms with Gasteiger partial charge in [0.25, 0.3) is 5.91 Å². The molecule has 1 aromatic heterocycles. The molecule has 0 aliphatic heterocycles. The van der Waals surface area contributed by atoms with Crippen LogP contribution >= 0.6 is 0 Å². The lowest BCUT2D eigenvalue weighted by molar-refractivity contribution is -0.114. The van der Waals surface area contributed by atoms with Crippen LogP contribution in [0, 0.1) is 5.82 Å². The topological polar surface area (TPSA) is 76.0 Å². The van der Waals surface area contributed by atoms with Crippen LogP contribution in [0.4, 0.5) is 15.8 Å². The first kappa shape index (κ1) is 17.9. The van der Waals surface area contributed by atoms with E-state index in [0.717, 1.165) is 36.2 Å². The molecule has 4 rings (SSSR count). The highest BCUT2D eigenvalue weighted by Gasteiger charge is 2.27. The molecule has 0 fully saturated rings. The van der Waals surface area contributed by atoms with E-state index < -0.39 is 11.7 Å². The van der Waals surface area contributed by atoms with Gasteiger partial charge < -0.3 is 10.6 Å². The number of fused-ring (bicyclic) bond motifs is 1. The summed E-state index contributed by atoms with van der Waals surface area (Å²) in [4.78, 5) is 24.1. The maximum Gasteiger partial charge on any atom is 0.276 e. The Kier molecular flexibility index (Phi) is 4.65. The minimum absolute atomic E-state index is 0.00254. The average Bonchev–Trinajstić information content (AvgIpc) is 3.27. The molecule has 2 aromatic carbocycles. The molecule has 0 spiro atoms. The smallest absolute Gasteiger partial charge is 0.276 e. The number of amides is 2. The van der Waals surface area contributed by atoms with Gasteiger partial charge in [-0.3, -0.25) is 9.59 Å². The molecule has 0 atom stereocenters. The molecule has 0 bridgehead atoms. The number of nitrogens with zero attached hydrogens (tertiary/aromatic N) is 2. The number of carbonyl (C=O) groups is 2. The normalized spacial score (nSPS) is 12.5. The van der Waals surface area contributed by atoms with E-state index in [1.807, 2.05) is 30.3 Å². The Hall–Kier alpha value is -3.48. The average molecular weight is 378 g/mol. The van der Waals surface area contributed by atoms with Crippen LogP contribution in [0.2, 0.25) is 0 Å². The second-order valence-corrected chi connectivity index (χ2v) is 6.70. The molecule has 3 aromatic rings. The minimum Gasteiger partial charge on any atom is -0.326 e. The van der Waals surface area contributed by atoms with Crippen LogP contribution in [0.5, 0.6) is 0 Å². The monoisotopic (exact) mass is 378 g/mol. The lowest BCUT2D eigenvalue weighted by Gasteiger charge is -2.09. The number of para-hydroxylation sites is 1. The van der Waals surface area contributed by atoms with Crippen LogP contribution in [-0.4, -0.2) is 21.6 Å². The van der Waals surface area contributed by atoms with E-state index >= 15 is 0 Å². The van der Waals surface area contributed by atoms with Crippen LogP contribution in [0.3, 0.4) is 0 Å². The predicted molar refractivity (Wildman–Crippen MR) is 104 cm³/mol. The molecule has 1 aliphatic rings. The van der Waals surface area contributed by atoms with Crippen molar-refractivity contribution in [3.8, 4) is 5.69 Å². The molecule has 1 heterocycles. The summed E-state index contributed by atoms with van der Waals surface area (Å²) in [5.74, 6) is -1.32. The quantitative estimate of drug-likeness (QED) is 0.727. The summed E-state index contributed by atoms with van der Waals surface area (Å²) in [6, 6.07) is 13.7. The van der Waals surface area contributed by atoms with Crippen LogP contribution in [0.15, 0.2) is 48.5 Å². The van der Waals surface area contributed by atoms with Crippen molar-refractivity contribution in [1.29, 1.82) is 0 Å². The number of benzene rings is 2. The first-order valence-electron chi connectivity index (χ1n) is 9.07. The molecule has 142 valence electrons. The fourth-order valence-corrected chi connectivity index (χ4v) is 3.49. The summed E-state index contributed by atoms with van der Waals surface area (Å²) >= 11 is 0. The highest BCUT2D eigenvalue weighted by atomic mass is 19.1. The van der Waals surface area contributed by atoms with Crippen molar-refractivity contribution in [2.24, 2.45) is 0 Å². The lowest BCUT2D eigenvalue weighted by Crippen LogP contribution is -2.16. The third-order valence-electron chi connectivity index (χ3n) is 4.68. The molecule has 0 unspecified atom stereocenters. The maximum absolute atomic E-state index is 14.2. The lowest BCUT2D eigenvalue weighted by atomic mass is 10.2. The molecular weight excluding hydrogens is 359 g/mol. The molecule has 28 heavy (non-hydrogen) atoms. The number of halogens is 1. The van der Waals surface area contributed by atoms with Gasteiger partial charge in [-0.1, -0.05) is 18.2 Å². The van der Waals surface area contributed by atoms with Crippen molar-refractivity contribution in [2.45, 2.75) is 26.2 Å². The van der Waals surface area contributed by atoms with Crippen molar-refractivity contribution in [2.75, 3.05) is 10.6 Å². The van der Waals surface area contributed by atoms with Gasteiger partial charge in [-0.15, -0.1) is 0 Å². The van der Waals surface area contributed by atoms with Crippen molar-refractivity contribution in [3.05, 3.63) is 71.3 Å². The first-order valence-corrected chi connectivity index (χ1v) is 9.07. The highest BCUT2D eigenvalue weighted by Crippen LogP contribution is 2.29. The Balaban J connectivity index is 1.66. The number of carbonyl (C=O) groups excluding carboxylic acids is 2. The van der Waals surface area contributed by atoms with Gasteiger partial charge in [-0.2, -0.15) is 5.10 Å². The molecule has 6 nitrogen and oxygen atoms in total. The summed E-state index contributed by atoms with van der Waals surface area (Å²) in [6.45, 7) is 1.36. The maximum atomic E-state index is 14.2. The number of rotatable bonds is 4. The second-order valence-electron chi connectivity index (χ2n) is 6.70.